The number of carbonyl (C=O) groups excluding carboxylic acids is 1. The summed E-state index contributed by atoms with van der Waals surface area (Å²) in [7, 11) is 0. The number of ether oxygens (including phenoxy) is 1. The Balaban J connectivity index is 2.34. The van der Waals surface area contributed by atoms with Gasteiger partial charge in [-0.05, 0) is 18.1 Å². The monoisotopic (exact) mass is 415 g/mol. The van der Waals surface area contributed by atoms with Gasteiger partial charge in [-0.2, -0.15) is 0 Å². The molecule has 5 heteroatoms. The van der Waals surface area contributed by atoms with Gasteiger partial charge in [-0.1, -0.05) is 70.1 Å². The van der Waals surface area contributed by atoms with Crippen molar-refractivity contribution in [1.29, 1.82) is 0 Å². The smallest absolute Gasteiger partial charge is 0.310 e. The summed E-state index contributed by atoms with van der Waals surface area (Å²) >= 11 is 11.8. The van der Waals surface area contributed by atoms with Crippen LogP contribution in [0.2, 0.25) is 0 Å². The van der Waals surface area contributed by atoms with Crippen molar-refractivity contribution in [3.63, 3.8) is 0 Å². The highest BCUT2D eigenvalue weighted by atomic mass is 35.5. The molecule has 0 aliphatic heterocycles. The van der Waals surface area contributed by atoms with Crippen LogP contribution in [0.15, 0.2) is 24.3 Å². The van der Waals surface area contributed by atoms with Gasteiger partial charge in [0.05, 0.1) is 13.0 Å². The van der Waals surface area contributed by atoms with Gasteiger partial charge in [0.15, 0.2) is 0 Å². The highest BCUT2D eigenvalue weighted by Gasteiger charge is 2.13. The Morgan fingerprint density at radius 2 is 1.52 bits per heavy atom. The first-order valence-corrected chi connectivity index (χ1v) is 11.4. The lowest BCUT2D eigenvalue weighted by atomic mass is 10.1. The third kappa shape index (κ3) is 10.8. The molecule has 0 radical (unpaired) electrons. The van der Waals surface area contributed by atoms with E-state index in [1.807, 2.05) is 24.3 Å². The molecule has 0 N–H and O–H groups in total. The number of anilines is 1. The molecule has 0 aromatic heterocycles. The third-order valence-electron chi connectivity index (χ3n) is 4.64. The van der Waals surface area contributed by atoms with E-state index in [9.17, 15) is 4.79 Å². The van der Waals surface area contributed by atoms with Crippen molar-refractivity contribution in [2.75, 3.05) is 36.4 Å². The first-order chi connectivity index (χ1) is 13.2. The first kappa shape index (κ1) is 24.1. The average Bonchev–Trinajstić information content (AvgIpc) is 2.67. The van der Waals surface area contributed by atoms with Crippen LogP contribution < -0.4 is 4.90 Å². The van der Waals surface area contributed by atoms with Crippen LogP contribution in [0.25, 0.3) is 0 Å². The molecular weight excluding hydrogens is 381 g/mol. The summed E-state index contributed by atoms with van der Waals surface area (Å²) < 4.78 is 5.44. The Kier molecular flexibility index (Phi) is 14.3. The van der Waals surface area contributed by atoms with E-state index in [1.165, 1.54) is 38.5 Å². The van der Waals surface area contributed by atoms with Crippen LogP contribution >= 0.6 is 23.2 Å². The Morgan fingerprint density at radius 1 is 0.926 bits per heavy atom. The maximum atomic E-state index is 12.2. The molecule has 1 rings (SSSR count). The number of alkyl halides is 2. The van der Waals surface area contributed by atoms with Crippen LogP contribution in [-0.2, 0) is 16.0 Å². The molecule has 0 saturated heterocycles. The number of benzene rings is 1. The predicted molar refractivity (Wildman–Crippen MR) is 117 cm³/mol. The van der Waals surface area contributed by atoms with Crippen molar-refractivity contribution in [3.05, 3.63) is 29.8 Å². The number of hydrogen-bond acceptors (Lipinski definition) is 3. The molecule has 3 nitrogen and oxygen atoms in total. The Hall–Kier alpha value is -0.930. The van der Waals surface area contributed by atoms with E-state index in [0.29, 0.717) is 31.5 Å². The molecular formula is C22H35Cl2NO2. The van der Waals surface area contributed by atoms with Crippen LogP contribution in [0.1, 0.15) is 63.9 Å². The van der Waals surface area contributed by atoms with Gasteiger partial charge in [0.25, 0.3) is 0 Å². The largest absolute Gasteiger partial charge is 0.465 e. The maximum Gasteiger partial charge on any atom is 0.310 e. The highest BCUT2D eigenvalue weighted by molar-refractivity contribution is 6.18. The van der Waals surface area contributed by atoms with Crippen molar-refractivity contribution in [2.24, 2.45) is 0 Å². The molecule has 0 saturated carbocycles. The van der Waals surface area contributed by atoms with Crippen molar-refractivity contribution in [1.82, 2.24) is 0 Å². The number of nitrogens with zero attached hydrogens (tertiary/aromatic N) is 1. The summed E-state index contributed by atoms with van der Waals surface area (Å²) in [5, 5.41) is 0. The number of hydrogen-bond donors (Lipinski definition) is 0. The lowest BCUT2D eigenvalue weighted by Gasteiger charge is -2.25. The minimum absolute atomic E-state index is 0.165. The first-order valence-electron chi connectivity index (χ1n) is 10.3. The van der Waals surface area contributed by atoms with Crippen molar-refractivity contribution >= 4 is 34.9 Å². The fraction of sp³-hybridized carbons (Fsp3) is 0.682. The molecule has 0 spiro atoms. The van der Waals surface area contributed by atoms with Crippen LogP contribution in [0.3, 0.4) is 0 Å². The SMILES string of the molecule is CCCCCCCCCCOC(=O)Cc1ccccc1N(CCCl)CCCl. The fourth-order valence-corrected chi connectivity index (χ4v) is 3.56. The Bertz CT molecular complexity index is 505. The van der Waals surface area contributed by atoms with Crippen LogP contribution in [0.5, 0.6) is 0 Å². The zero-order chi connectivity index (χ0) is 19.7. The van der Waals surface area contributed by atoms with Crippen molar-refractivity contribution in [3.8, 4) is 0 Å². The van der Waals surface area contributed by atoms with Crippen LogP contribution in [0, 0.1) is 0 Å². The van der Waals surface area contributed by atoms with E-state index in [-0.39, 0.29) is 12.4 Å². The molecule has 0 atom stereocenters. The number of para-hydroxylation sites is 1. The number of unbranched alkanes of at least 4 members (excludes halogenated alkanes) is 7. The third-order valence-corrected chi connectivity index (χ3v) is 4.97. The second-order valence-electron chi connectivity index (χ2n) is 6.87. The molecule has 27 heavy (non-hydrogen) atoms. The second-order valence-corrected chi connectivity index (χ2v) is 7.62. The van der Waals surface area contributed by atoms with Gasteiger partial charge in [-0.25, -0.2) is 0 Å². The standard InChI is InChI=1S/C22H35Cl2NO2/c1-2-3-4-5-6-7-8-11-18-27-22(26)19-20-12-9-10-13-21(20)25(16-14-23)17-15-24/h9-10,12-13H,2-8,11,14-19H2,1H3. The number of carbonyl (C=O) groups is 1. The molecule has 0 amide bonds. The van der Waals surface area contributed by atoms with E-state index in [4.69, 9.17) is 27.9 Å². The number of esters is 1. The molecule has 0 unspecified atom stereocenters. The quantitative estimate of drug-likeness (QED) is 0.183. The summed E-state index contributed by atoms with van der Waals surface area (Å²) in [5.41, 5.74) is 1.98. The molecule has 0 aliphatic rings. The van der Waals surface area contributed by atoms with E-state index in [2.05, 4.69) is 11.8 Å². The summed E-state index contributed by atoms with van der Waals surface area (Å²) in [5.74, 6) is 0.879. The van der Waals surface area contributed by atoms with Gasteiger partial charge in [-0.3, -0.25) is 4.79 Å². The minimum atomic E-state index is -0.165. The molecule has 0 aliphatic carbocycles. The van der Waals surface area contributed by atoms with E-state index >= 15 is 0 Å². The molecule has 154 valence electrons. The fourth-order valence-electron chi connectivity index (χ4n) is 3.15. The van der Waals surface area contributed by atoms with Crippen LogP contribution in [-0.4, -0.2) is 37.4 Å². The molecule has 0 heterocycles. The topological polar surface area (TPSA) is 29.5 Å². The Morgan fingerprint density at radius 3 is 2.15 bits per heavy atom. The summed E-state index contributed by atoms with van der Waals surface area (Å²) in [4.78, 5) is 14.3. The van der Waals surface area contributed by atoms with E-state index < -0.39 is 0 Å². The van der Waals surface area contributed by atoms with Gasteiger partial charge >= 0.3 is 5.97 Å². The summed E-state index contributed by atoms with van der Waals surface area (Å²) in [6, 6.07) is 7.91. The van der Waals surface area contributed by atoms with Crippen molar-refractivity contribution < 1.29 is 9.53 Å². The lowest BCUT2D eigenvalue weighted by Crippen LogP contribution is -2.29. The van der Waals surface area contributed by atoms with Gasteiger partial charge in [0.1, 0.15) is 0 Å². The van der Waals surface area contributed by atoms with Crippen molar-refractivity contribution in [2.45, 2.75) is 64.7 Å². The highest BCUT2D eigenvalue weighted by Crippen LogP contribution is 2.21. The number of halogens is 2. The Labute approximate surface area is 175 Å². The van der Waals surface area contributed by atoms with Crippen LogP contribution in [0.4, 0.5) is 5.69 Å². The number of rotatable bonds is 16. The van der Waals surface area contributed by atoms with Gasteiger partial charge < -0.3 is 9.64 Å². The predicted octanol–water partition coefficient (Wildman–Crippen LogP) is 6.20. The van der Waals surface area contributed by atoms with E-state index in [0.717, 1.165) is 24.1 Å². The van der Waals surface area contributed by atoms with Gasteiger partial charge in [-0.15, -0.1) is 23.2 Å². The van der Waals surface area contributed by atoms with E-state index in [1.54, 1.807) is 0 Å². The normalized spacial score (nSPS) is 10.8. The average molecular weight is 416 g/mol. The minimum Gasteiger partial charge on any atom is -0.465 e. The summed E-state index contributed by atoms with van der Waals surface area (Å²) in [6.45, 7) is 4.17. The van der Waals surface area contributed by atoms with Gasteiger partial charge in [0.2, 0.25) is 0 Å². The molecule has 0 fully saturated rings. The zero-order valence-corrected chi connectivity index (χ0v) is 18.2. The molecule has 1 aromatic carbocycles. The second kappa shape index (κ2) is 16.1. The van der Waals surface area contributed by atoms with Gasteiger partial charge in [0, 0.05) is 30.5 Å². The molecule has 1 aromatic rings. The maximum absolute atomic E-state index is 12.2. The summed E-state index contributed by atoms with van der Waals surface area (Å²) in [6.07, 6.45) is 10.2. The lowest BCUT2D eigenvalue weighted by molar-refractivity contribution is -0.142. The molecule has 0 bridgehead atoms. The zero-order valence-electron chi connectivity index (χ0n) is 16.7.